The van der Waals surface area contributed by atoms with E-state index in [-0.39, 0.29) is 11.9 Å². The van der Waals surface area contributed by atoms with Crippen molar-refractivity contribution in [2.45, 2.75) is 45.8 Å². The van der Waals surface area contributed by atoms with Crippen LogP contribution in [0.25, 0.3) is 10.9 Å². The van der Waals surface area contributed by atoms with Crippen molar-refractivity contribution in [2.24, 2.45) is 0 Å². The van der Waals surface area contributed by atoms with Gasteiger partial charge < -0.3 is 10.3 Å². The van der Waals surface area contributed by atoms with Crippen LogP contribution in [-0.4, -0.2) is 32.1 Å². The standard InChI is InChI=1S/C26H29N5O/c1-17(2)31-16-20(14-27-31)26-25-23(22-6-4-5-7-24(22)29-25)12-13-30(26)15-19-8-10-21(11-9-19)28-18(3)32/h4-11,14,16-17,26,29H,12-13,15H2,1-3H3,(H,28,32)/t26-/m1/s1. The van der Waals surface area contributed by atoms with Gasteiger partial charge in [-0.2, -0.15) is 5.10 Å². The van der Waals surface area contributed by atoms with Crippen LogP contribution in [0, 0.1) is 0 Å². The Bertz CT molecular complexity index is 1250. The molecule has 0 aliphatic carbocycles. The molecule has 2 aromatic carbocycles. The van der Waals surface area contributed by atoms with E-state index < -0.39 is 0 Å². The number of carbonyl (C=O) groups excluding carboxylic acids is 1. The molecule has 6 heteroatoms. The minimum Gasteiger partial charge on any atom is -0.357 e. The van der Waals surface area contributed by atoms with Crippen LogP contribution in [0.1, 0.15) is 55.2 Å². The van der Waals surface area contributed by atoms with Gasteiger partial charge in [-0.1, -0.05) is 30.3 Å². The molecule has 0 saturated carbocycles. The van der Waals surface area contributed by atoms with Crippen molar-refractivity contribution < 1.29 is 4.79 Å². The minimum atomic E-state index is -0.0534. The first-order valence-electron chi connectivity index (χ1n) is 11.2. The molecule has 0 unspecified atom stereocenters. The number of para-hydroxylation sites is 1. The van der Waals surface area contributed by atoms with Gasteiger partial charge >= 0.3 is 0 Å². The van der Waals surface area contributed by atoms with Gasteiger partial charge in [0.05, 0.1) is 12.2 Å². The van der Waals surface area contributed by atoms with Crippen LogP contribution in [0.3, 0.4) is 0 Å². The zero-order valence-corrected chi connectivity index (χ0v) is 18.8. The molecule has 0 bridgehead atoms. The van der Waals surface area contributed by atoms with Crippen molar-refractivity contribution in [2.75, 3.05) is 11.9 Å². The zero-order valence-electron chi connectivity index (χ0n) is 18.8. The molecule has 1 atom stereocenters. The number of nitrogens with one attached hydrogen (secondary N) is 2. The highest BCUT2D eigenvalue weighted by atomic mass is 16.1. The SMILES string of the molecule is CC(=O)Nc1ccc(CN2CCc3c([nH]c4ccccc34)[C@H]2c2cnn(C(C)C)c2)cc1. The van der Waals surface area contributed by atoms with Gasteiger partial charge in [0.1, 0.15) is 0 Å². The fourth-order valence-corrected chi connectivity index (χ4v) is 4.75. The highest BCUT2D eigenvalue weighted by Gasteiger charge is 2.32. The molecule has 1 aliphatic heterocycles. The molecule has 1 aliphatic rings. The van der Waals surface area contributed by atoms with Gasteiger partial charge in [-0.15, -0.1) is 0 Å². The molecule has 4 aromatic rings. The number of anilines is 1. The molecule has 0 fully saturated rings. The largest absolute Gasteiger partial charge is 0.357 e. The van der Waals surface area contributed by atoms with E-state index in [0.29, 0.717) is 6.04 Å². The van der Waals surface area contributed by atoms with E-state index in [0.717, 1.165) is 25.2 Å². The normalized spacial score (nSPS) is 16.4. The summed E-state index contributed by atoms with van der Waals surface area (Å²) in [4.78, 5) is 17.6. The van der Waals surface area contributed by atoms with Gasteiger partial charge in [-0.25, -0.2) is 0 Å². The lowest BCUT2D eigenvalue weighted by Gasteiger charge is -2.35. The Morgan fingerprint density at radius 1 is 1.19 bits per heavy atom. The van der Waals surface area contributed by atoms with Crippen LogP contribution in [0.15, 0.2) is 60.9 Å². The van der Waals surface area contributed by atoms with Crippen molar-refractivity contribution in [1.29, 1.82) is 0 Å². The lowest BCUT2D eigenvalue weighted by Crippen LogP contribution is -2.35. The summed E-state index contributed by atoms with van der Waals surface area (Å²) in [6.45, 7) is 7.63. The first-order chi connectivity index (χ1) is 15.5. The van der Waals surface area contributed by atoms with Gasteiger partial charge in [-0.3, -0.25) is 14.4 Å². The predicted molar refractivity (Wildman–Crippen MR) is 128 cm³/mol. The molecule has 3 heterocycles. The molecule has 5 rings (SSSR count). The van der Waals surface area contributed by atoms with Gasteiger partial charge in [0.25, 0.3) is 0 Å². The highest BCUT2D eigenvalue weighted by Crippen LogP contribution is 2.39. The highest BCUT2D eigenvalue weighted by molar-refractivity contribution is 5.88. The Morgan fingerprint density at radius 2 is 1.97 bits per heavy atom. The average Bonchev–Trinajstić information content (AvgIpc) is 3.40. The van der Waals surface area contributed by atoms with Crippen LogP contribution < -0.4 is 5.32 Å². The summed E-state index contributed by atoms with van der Waals surface area (Å²) in [5.41, 5.74) is 7.14. The Morgan fingerprint density at radius 3 is 2.69 bits per heavy atom. The van der Waals surface area contributed by atoms with E-state index >= 15 is 0 Å². The number of carbonyl (C=O) groups is 1. The summed E-state index contributed by atoms with van der Waals surface area (Å²) in [5, 5.41) is 8.80. The molecular weight excluding hydrogens is 398 g/mol. The third-order valence-corrected chi connectivity index (χ3v) is 6.26. The van der Waals surface area contributed by atoms with Gasteiger partial charge in [0.15, 0.2) is 0 Å². The van der Waals surface area contributed by atoms with Gasteiger partial charge in [0, 0.05) is 60.1 Å². The molecule has 1 amide bonds. The Kier molecular flexibility index (Phi) is 5.31. The quantitative estimate of drug-likeness (QED) is 0.468. The molecule has 32 heavy (non-hydrogen) atoms. The van der Waals surface area contributed by atoms with E-state index in [2.05, 4.69) is 76.7 Å². The Labute approximate surface area is 188 Å². The van der Waals surface area contributed by atoms with Crippen LogP contribution >= 0.6 is 0 Å². The van der Waals surface area contributed by atoms with E-state index in [4.69, 9.17) is 0 Å². The topological polar surface area (TPSA) is 66.0 Å². The maximum atomic E-state index is 11.3. The number of benzene rings is 2. The third-order valence-electron chi connectivity index (χ3n) is 6.26. The minimum absolute atomic E-state index is 0.0534. The molecule has 0 saturated heterocycles. The lowest BCUT2D eigenvalue weighted by molar-refractivity contribution is -0.114. The van der Waals surface area contributed by atoms with Crippen molar-refractivity contribution in [3.63, 3.8) is 0 Å². The summed E-state index contributed by atoms with van der Waals surface area (Å²) in [5.74, 6) is -0.0534. The van der Waals surface area contributed by atoms with Gasteiger partial charge in [0.2, 0.25) is 5.91 Å². The summed E-state index contributed by atoms with van der Waals surface area (Å²) in [7, 11) is 0. The van der Waals surface area contributed by atoms with Crippen molar-refractivity contribution in [3.8, 4) is 0 Å². The predicted octanol–water partition coefficient (Wildman–Crippen LogP) is 5.05. The van der Waals surface area contributed by atoms with Crippen molar-refractivity contribution in [1.82, 2.24) is 19.7 Å². The molecule has 0 radical (unpaired) electrons. The van der Waals surface area contributed by atoms with Crippen LogP contribution in [0.2, 0.25) is 0 Å². The summed E-state index contributed by atoms with van der Waals surface area (Å²) in [6.07, 6.45) is 5.21. The monoisotopic (exact) mass is 427 g/mol. The second kappa shape index (κ2) is 8.28. The number of nitrogens with zero attached hydrogens (tertiary/aromatic N) is 3. The van der Waals surface area contributed by atoms with E-state index in [1.54, 1.807) is 0 Å². The van der Waals surface area contributed by atoms with Crippen LogP contribution in [-0.2, 0) is 17.8 Å². The second-order valence-electron chi connectivity index (χ2n) is 8.91. The summed E-state index contributed by atoms with van der Waals surface area (Å²) in [6, 6.07) is 17.2. The number of hydrogen-bond donors (Lipinski definition) is 2. The van der Waals surface area contributed by atoms with Crippen molar-refractivity contribution in [3.05, 3.63) is 83.3 Å². The van der Waals surface area contributed by atoms with E-state index in [9.17, 15) is 4.79 Å². The molecule has 0 spiro atoms. The number of rotatable bonds is 5. The van der Waals surface area contributed by atoms with Crippen LogP contribution in [0.4, 0.5) is 5.69 Å². The summed E-state index contributed by atoms with van der Waals surface area (Å²) >= 11 is 0. The molecule has 6 nitrogen and oxygen atoms in total. The van der Waals surface area contributed by atoms with E-state index in [1.165, 1.54) is 40.2 Å². The second-order valence-corrected chi connectivity index (χ2v) is 8.91. The lowest BCUT2D eigenvalue weighted by atomic mass is 9.93. The molecule has 2 N–H and O–H groups in total. The first kappa shape index (κ1) is 20.5. The number of H-pyrrole nitrogens is 1. The third kappa shape index (κ3) is 3.82. The molecule has 164 valence electrons. The first-order valence-corrected chi connectivity index (χ1v) is 11.2. The average molecular weight is 428 g/mol. The smallest absolute Gasteiger partial charge is 0.221 e. The number of fused-ring (bicyclic) bond motifs is 3. The molecule has 2 aromatic heterocycles. The Balaban J connectivity index is 1.51. The molecular formula is C26H29N5O. The number of amides is 1. The zero-order chi connectivity index (χ0) is 22.2. The Hall–Kier alpha value is -3.38. The number of hydrogen-bond acceptors (Lipinski definition) is 3. The van der Waals surface area contributed by atoms with E-state index in [1.807, 2.05) is 23.0 Å². The van der Waals surface area contributed by atoms with Gasteiger partial charge in [-0.05, 0) is 49.6 Å². The van der Waals surface area contributed by atoms with Crippen LogP contribution in [0.5, 0.6) is 0 Å². The van der Waals surface area contributed by atoms with Crippen molar-refractivity contribution >= 4 is 22.5 Å². The number of aromatic nitrogens is 3. The maximum absolute atomic E-state index is 11.3. The fourth-order valence-electron chi connectivity index (χ4n) is 4.75. The number of aromatic amines is 1. The fraction of sp³-hybridized carbons (Fsp3) is 0.308. The maximum Gasteiger partial charge on any atom is 0.221 e. The summed E-state index contributed by atoms with van der Waals surface area (Å²) < 4.78 is 2.03.